The van der Waals surface area contributed by atoms with Crippen LogP contribution in [0.25, 0.3) is 16.7 Å². The molecule has 0 aliphatic carbocycles. The van der Waals surface area contributed by atoms with Crippen LogP contribution >= 0.6 is 11.6 Å². The molecule has 9 nitrogen and oxygen atoms in total. The van der Waals surface area contributed by atoms with Gasteiger partial charge < -0.3 is 14.7 Å². The van der Waals surface area contributed by atoms with Gasteiger partial charge in [0.1, 0.15) is 17.5 Å². The fourth-order valence-electron chi connectivity index (χ4n) is 5.38. The van der Waals surface area contributed by atoms with Gasteiger partial charge in [-0.2, -0.15) is 5.10 Å². The van der Waals surface area contributed by atoms with Crippen molar-refractivity contribution in [1.29, 1.82) is 0 Å². The first kappa shape index (κ1) is 25.9. The summed E-state index contributed by atoms with van der Waals surface area (Å²) < 4.78 is 21.8. The smallest absolute Gasteiger partial charge is 0.264 e. The first-order chi connectivity index (χ1) is 18.9. The first-order valence-corrected chi connectivity index (χ1v) is 13.5. The molecule has 11 heteroatoms. The van der Waals surface area contributed by atoms with Crippen molar-refractivity contribution in [3.63, 3.8) is 0 Å². The second-order valence-corrected chi connectivity index (χ2v) is 10.7. The molecule has 0 amide bonds. The molecular weight excluding hydrogens is 523 g/mol. The average Bonchev–Trinajstić information content (AvgIpc) is 3.39. The van der Waals surface area contributed by atoms with Gasteiger partial charge in [0.15, 0.2) is 5.65 Å². The van der Waals surface area contributed by atoms with Crippen LogP contribution < -0.4 is 10.5 Å². The number of likely N-dealkylation sites (tertiary alicyclic amines) is 1. The molecule has 0 radical (unpaired) electrons. The largest absolute Gasteiger partial charge is 0.388 e. The fraction of sp³-hybridized carbons (Fsp3) is 0.393. The van der Waals surface area contributed by atoms with Crippen LogP contribution in [-0.2, 0) is 17.8 Å². The van der Waals surface area contributed by atoms with E-state index in [2.05, 4.69) is 19.9 Å². The highest BCUT2D eigenvalue weighted by Gasteiger charge is 2.33. The van der Waals surface area contributed by atoms with E-state index in [4.69, 9.17) is 16.3 Å². The second-order valence-electron chi connectivity index (χ2n) is 10.3. The van der Waals surface area contributed by atoms with Crippen molar-refractivity contribution in [3.05, 3.63) is 81.7 Å². The van der Waals surface area contributed by atoms with E-state index in [9.17, 15) is 14.3 Å². The van der Waals surface area contributed by atoms with Gasteiger partial charge in [0.05, 0.1) is 48.0 Å². The topological polar surface area (TPSA) is 88.7 Å². The zero-order valence-electron chi connectivity index (χ0n) is 21.5. The Balaban J connectivity index is 1.18. The van der Waals surface area contributed by atoms with Crippen LogP contribution in [-0.4, -0.2) is 74.3 Å². The molecule has 0 bridgehead atoms. The molecule has 0 spiro atoms. The Bertz CT molecular complexity index is 1520. The minimum atomic E-state index is -1.02. The molecule has 4 heterocycles. The van der Waals surface area contributed by atoms with E-state index in [-0.39, 0.29) is 17.9 Å². The Morgan fingerprint density at radius 3 is 2.54 bits per heavy atom. The van der Waals surface area contributed by atoms with Gasteiger partial charge in [0.2, 0.25) is 0 Å². The van der Waals surface area contributed by atoms with Crippen molar-refractivity contribution >= 4 is 28.3 Å². The lowest BCUT2D eigenvalue weighted by molar-refractivity contribution is -0.0364. The Morgan fingerprint density at radius 1 is 1.05 bits per heavy atom. The standard InChI is InChI=1S/C28H30ClFN6O3/c29-24-6-5-22(15-25(24)34-11-13-39-14-12-34)36-26-23(16-32-36)27(37)35(19-31-26)18-28(38)7-9-33(10-8-28)17-20-1-3-21(30)4-2-20/h1-6,15-16,19,38H,7-14,17-18H2. The predicted octanol–water partition coefficient (Wildman–Crippen LogP) is 3.24. The van der Waals surface area contributed by atoms with Crippen molar-refractivity contribution in [2.24, 2.45) is 0 Å². The van der Waals surface area contributed by atoms with Gasteiger partial charge >= 0.3 is 0 Å². The van der Waals surface area contributed by atoms with Gasteiger partial charge in [-0.05, 0) is 48.7 Å². The van der Waals surface area contributed by atoms with Crippen LogP contribution in [0.2, 0.25) is 5.02 Å². The number of benzene rings is 2. The number of rotatable bonds is 6. The molecule has 2 aromatic carbocycles. The summed E-state index contributed by atoms with van der Waals surface area (Å²) in [5.74, 6) is -0.251. The third-order valence-corrected chi connectivity index (χ3v) is 7.97. The summed E-state index contributed by atoms with van der Waals surface area (Å²) in [6, 6.07) is 12.1. The van der Waals surface area contributed by atoms with E-state index in [1.165, 1.54) is 29.2 Å². The van der Waals surface area contributed by atoms with Crippen LogP contribution in [0.5, 0.6) is 0 Å². The zero-order chi connectivity index (χ0) is 27.0. The molecule has 204 valence electrons. The summed E-state index contributed by atoms with van der Waals surface area (Å²) in [5, 5.41) is 16.8. The van der Waals surface area contributed by atoms with Gasteiger partial charge in [0, 0.05) is 32.7 Å². The SMILES string of the molecule is O=c1c2cnn(-c3ccc(Cl)c(N4CCOCC4)c3)c2ncn1CC1(O)CCN(Cc2ccc(F)cc2)CC1. The Kier molecular flexibility index (Phi) is 7.11. The number of aromatic nitrogens is 4. The van der Waals surface area contributed by atoms with E-state index in [0.29, 0.717) is 61.7 Å². The Morgan fingerprint density at radius 2 is 1.79 bits per heavy atom. The number of hydrogen-bond donors (Lipinski definition) is 1. The van der Waals surface area contributed by atoms with Crippen LogP contribution in [0.1, 0.15) is 18.4 Å². The number of nitrogens with zero attached hydrogens (tertiary/aromatic N) is 6. The van der Waals surface area contributed by atoms with E-state index < -0.39 is 5.60 Å². The van der Waals surface area contributed by atoms with Gasteiger partial charge in [-0.15, -0.1) is 0 Å². The minimum absolute atomic E-state index is 0.159. The summed E-state index contributed by atoms with van der Waals surface area (Å²) in [4.78, 5) is 22.3. The molecule has 0 saturated carbocycles. The van der Waals surface area contributed by atoms with Gasteiger partial charge in [-0.25, -0.2) is 14.1 Å². The molecule has 2 aliphatic rings. The Hall–Kier alpha value is -3.31. The van der Waals surface area contributed by atoms with Gasteiger partial charge in [-0.3, -0.25) is 14.3 Å². The third kappa shape index (κ3) is 5.42. The summed E-state index contributed by atoms with van der Waals surface area (Å²) >= 11 is 6.49. The number of ether oxygens (including phenoxy) is 1. The molecule has 2 fully saturated rings. The van der Waals surface area contributed by atoms with Crippen LogP contribution in [0.15, 0.2) is 59.8 Å². The van der Waals surface area contributed by atoms with Crippen LogP contribution in [0, 0.1) is 5.82 Å². The highest BCUT2D eigenvalue weighted by molar-refractivity contribution is 6.33. The number of halogens is 2. The molecule has 0 unspecified atom stereocenters. The van der Waals surface area contributed by atoms with E-state index in [1.54, 1.807) is 16.8 Å². The molecule has 1 N–H and O–H groups in total. The number of fused-ring (bicyclic) bond motifs is 1. The lowest BCUT2D eigenvalue weighted by Gasteiger charge is -2.38. The summed E-state index contributed by atoms with van der Waals surface area (Å²) in [7, 11) is 0. The van der Waals surface area contributed by atoms with Crippen LogP contribution in [0.3, 0.4) is 0 Å². The van der Waals surface area contributed by atoms with Crippen molar-refractivity contribution in [2.75, 3.05) is 44.3 Å². The quantitative estimate of drug-likeness (QED) is 0.393. The van der Waals surface area contributed by atoms with Gasteiger partial charge in [-0.1, -0.05) is 23.7 Å². The molecule has 6 rings (SSSR count). The zero-order valence-corrected chi connectivity index (χ0v) is 22.2. The van der Waals surface area contributed by atoms with Crippen molar-refractivity contribution in [3.8, 4) is 5.69 Å². The third-order valence-electron chi connectivity index (χ3n) is 7.65. The monoisotopic (exact) mass is 552 g/mol. The normalized spacial score (nSPS) is 18.1. The summed E-state index contributed by atoms with van der Waals surface area (Å²) in [5.41, 5.74) is 1.87. The Labute approximate surface area is 230 Å². The number of anilines is 1. The van der Waals surface area contributed by atoms with Crippen molar-refractivity contribution in [1.82, 2.24) is 24.2 Å². The molecule has 2 aliphatic heterocycles. The van der Waals surface area contributed by atoms with E-state index in [1.807, 2.05) is 18.2 Å². The van der Waals surface area contributed by atoms with Gasteiger partial charge in [0.25, 0.3) is 5.56 Å². The molecular formula is C28H30ClFN6O3. The highest BCUT2D eigenvalue weighted by atomic mass is 35.5. The first-order valence-electron chi connectivity index (χ1n) is 13.1. The number of aliphatic hydroxyl groups is 1. The molecule has 0 atom stereocenters. The number of piperidine rings is 1. The van der Waals surface area contributed by atoms with E-state index in [0.717, 1.165) is 30.0 Å². The predicted molar refractivity (Wildman–Crippen MR) is 147 cm³/mol. The lowest BCUT2D eigenvalue weighted by atomic mass is 9.91. The fourth-order valence-corrected chi connectivity index (χ4v) is 5.62. The second kappa shape index (κ2) is 10.7. The van der Waals surface area contributed by atoms with E-state index >= 15 is 0 Å². The average molecular weight is 553 g/mol. The maximum Gasteiger partial charge on any atom is 0.264 e. The lowest BCUT2D eigenvalue weighted by Crippen LogP contribution is -2.47. The molecule has 2 aromatic heterocycles. The maximum atomic E-state index is 13.4. The number of hydrogen-bond acceptors (Lipinski definition) is 7. The van der Waals surface area contributed by atoms with Crippen molar-refractivity contribution in [2.45, 2.75) is 31.5 Å². The molecule has 4 aromatic rings. The highest BCUT2D eigenvalue weighted by Crippen LogP contribution is 2.30. The number of morpholine rings is 1. The molecule has 39 heavy (non-hydrogen) atoms. The minimum Gasteiger partial charge on any atom is -0.388 e. The van der Waals surface area contributed by atoms with Crippen molar-refractivity contribution < 1.29 is 14.2 Å². The van der Waals surface area contributed by atoms with Crippen LogP contribution in [0.4, 0.5) is 10.1 Å². The summed E-state index contributed by atoms with van der Waals surface area (Å²) in [6.45, 7) is 5.00. The summed E-state index contributed by atoms with van der Waals surface area (Å²) in [6.07, 6.45) is 4.06. The maximum absolute atomic E-state index is 13.4. The molecule has 2 saturated heterocycles.